The molecule has 0 N–H and O–H groups in total. The number of benzene rings is 1. The van der Waals surface area contributed by atoms with Crippen LogP contribution in [0.15, 0.2) is 22.7 Å². The van der Waals surface area contributed by atoms with Crippen molar-refractivity contribution in [1.29, 1.82) is 0 Å². The Labute approximate surface area is 94.7 Å². The first-order valence-electron chi connectivity index (χ1n) is 4.08. The van der Waals surface area contributed by atoms with E-state index in [0.29, 0.717) is 23.9 Å². The number of nitrogens with zero attached hydrogens (tertiary/aromatic N) is 1. The molecule has 0 spiro atoms. The first kappa shape index (κ1) is 9.80. The Balaban J connectivity index is 2.36. The van der Waals surface area contributed by atoms with Gasteiger partial charge in [0.25, 0.3) is 0 Å². The van der Waals surface area contributed by atoms with Gasteiger partial charge < -0.3 is 4.74 Å². The molecule has 5 heteroatoms. The van der Waals surface area contributed by atoms with Gasteiger partial charge in [0.15, 0.2) is 0 Å². The fourth-order valence-electron chi connectivity index (χ4n) is 1.31. The zero-order valence-electron chi connectivity index (χ0n) is 7.17. The van der Waals surface area contributed by atoms with E-state index in [1.165, 1.54) is 4.90 Å². The standard InChI is InChI=1S/C9H7BrClNO2/c10-6-1-2-8(7(11)5-6)12-3-4-14-9(12)13/h1-2,5H,3-4H2. The summed E-state index contributed by atoms with van der Waals surface area (Å²) in [7, 11) is 0. The second-order valence-electron chi connectivity index (χ2n) is 2.86. The van der Waals surface area contributed by atoms with Crippen molar-refractivity contribution < 1.29 is 9.53 Å². The van der Waals surface area contributed by atoms with Crippen LogP contribution < -0.4 is 4.90 Å². The van der Waals surface area contributed by atoms with Gasteiger partial charge in [-0.05, 0) is 18.2 Å². The van der Waals surface area contributed by atoms with Crippen LogP contribution in [0, 0.1) is 0 Å². The third kappa shape index (κ3) is 1.72. The van der Waals surface area contributed by atoms with E-state index in [4.69, 9.17) is 16.3 Å². The number of anilines is 1. The van der Waals surface area contributed by atoms with Gasteiger partial charge in [0, 0.05) is 4.47 Å². The van der Waals surface area contributed by atoms with E-state index in [0.717, 1.165) is 4.47 Å². The topological polar surface area (TPSA) is 29.5 Å². The van der Waals surface area contributed by atoms with E-state index in [2.05, 4.69) is 15.9 Å². The molecule has 0 aromatic heterocycles. The van der Waals surface area contributed by atoms with Crippen molar-refractivity contribution in [2.24, 2.45) is 0 Å². The number of hydrogen-bond donors (Lipinski definition) is 0. The molecule has 14 heavy (non-hydrogen) atoms. The lowest BCUT2D eigenvalue weighted by atomic mass is 10.3. The molecule has 3 nitrogen and oxygen atoms in total. The number of amides is 1. The highest BCUT2D eigenvalue weighted by atomic mass is 79.9. The average Bonchev–Trinajstić information content (AvgIpc) is 2.52. The molecule has 1 fully saturated rings. The highest BCUT2D eigenvalue weighted by Gasteiger charge is 2.25. The first-order valence-corrected chi connectivity index (χ1v) is 5.25. The van der Waals surface area contributed by atoms with E-state index in [9.17, 15) is 4.79 Å². The molecule has 1 saturated heterocycles. The lowest BCUT2D eigenvalue weighted by Crippen LogP contribution is -2.23. The van der Waals surface area contributed by atoms with Crippen molar-refractivity contribution in [1.82, 2.24) is 0 Å². The van der Waals surface area contributed by atoms with Gasteiger partial charge in [0.05, 0.1) is 17.3 Å². The summed E-state index contributed by atoms with van der Waals surface area (Å²) < 4.78 is 5.71. The summed E-state index contributed by atoms with van der Waals surface area (Å²) in [6.45, 7) is 0.978. The van der Waals surface area contributed by atoms with Gasteiger partial charge in [-0.2, -0.15) is 0 Å². The molecule has 0 radical (unpaired) electrons. The summed E-state index contributed by atoms with van der Waals surface area (Å²) in [5, 5.41) is 0.540. The van der Waals surface area contributed by atoms with Crippen LogP contribution in [0.5, 0.6) is 0 Å². The van der Waals surface area contributed by atoms with E-state index in [1.807, 2.05) is 6.07 Å². The smallest absolute Gasteiger partial charge is 0.414 e. The molecule has 0 aliphatic carbocycles. The van der Waals surface area contributed by atoms with Crippen molar-refractivity contribution in [2.45, 2.75) is 0 Å². The molecule has 0 bridgehead atoms. The van der Waals surface area contributed by atoms with Crippen LogP contribution >= 0.6 is 27.5 Å². The van der Waals surface area contributed by atoms with E-state index in [1.54, 1.807) is 12.1 Å². The van der Waals surface area contributed by atoms with Crippen molar-refractivity contribution in [2.75, 3.05) is 18.1 Å². The summed E-state index contributed by atoms with van der Waals surface area (Å²) in [6, 6.07) is 5.38. The first-order chi connectivity index (χ1) is 6.68. The van der Waals surface area contributed by atoms with Gasteiger partial charge in [-0.3, -0.25) is 4.90 Å². The van der Waals surface area contributed by atoms with Crippen LogP contribution in [0.2, 0.25) is 5.02 Å². The Morgan fingerprint density at radius 2 is 2.29 bits per heavy atom. The Bertz CT molecular complexity index is 383. The normalized spacial score (nSPS) is 15.9. The molecule has 1 heterocycles. The summed E-state index contributed by atoms with van der Waals surface area (Å²) >= 11 is 9.30. The zero-order valence-corrected chi connectivity index (χ0v) is 9.51. The minimum absolute atomic E-state index is 0.339. The van der Waals surface area contributed by atoms with E-state index in [-0.39, 0.29) is 6.09 Å². The maximum atomic E-state index is 11.2. The number of carbonyl (C=O) groups excluding carboxylic acids is 1. The summed E-state index contributed by atoms with van der Waals surface area (Å²) in [6.07, 6.45) is -0.339. The number of carbonyl (C=O) groups is 1. The predicted molar refractivity (Wildman–Crippen MR) is 57.8 cm³/mol. The van der Waals surface area contributed by atoms with Gasteiger partial charge >= 0.3 is 6.09 Å². The Hall–Kier alpha value is -0.740. The fraction of sp³-hybridized carbons (Fsp3) is 0.222. The number of ether oxygens (including phenoxy) is 1. The van der Waals surface area contributed by atoms with Gasteiger partial charge in [-0.1, -0.05) is 27.5 Å². The number of hydrogen-bond acceptors (Lipinski definition) is 2. The van der Waals surface area contributed by atoms with Crippen LogP contribution in [-0.2, 0) is 4.74 Å². The molecule has 1 aromatic carbocycles. The molecule has 1 aliphatic heterocycles. The van der Waals surface area contributed by atoms with Crippen molar-refractivity contribution in [3.8, 4) is 0 Å². The highest BCUT2D eigenvalue weighted by molar-refractivity contribution is 9.10. The van der Waals surface area contributed by atoms with Crippen molar-refractivity contribution in [3.05, 3.63) is 27.7 Å². The van der Waals surface area contributed by atoms with E-state index >= 15 is 0 Å². The fourth-order valence-corrected chi connectivity index (χ4v) is 2.09. The van der Waals surface area contributed by atoms with Crippen molar-refractivity contribution >= 4 is 39.3 Å². The average molecular weight is 277 g/mol. The summed E-state index contributed by atoms with van der Waals surface area (Å²) in [4.78, 5) is 12.8. The molecular weight excluding hydrogens is 269 g/mol. The maximum Gasteiger partial charge on any atom is 0.414 e. The largest absolute Gasteiger partial charge is 0.447 e. The third-order valence-corrected chi connectivity index (χ3v) is 2.76. The van der Waals surface area contributed by atoms with Crippen LogP contribution in [0.4, 0.5) is 10.5 Å². The van der Waals surface area contributed by atoms with Crippen LogP contribution in [-0.4, -0.2) is 19.2 Å². The molecule has 0 saturated carbocycles. The summed E-state index contributed by atoms with van der Waals surface area (Å²) in [5.74, 6) is 0. The number of rotatable bonds is 1. The Kier molecular flexibility index (Phi) is 2.65. The maximum absolute atomic E-state index is 11.2. The monoisotopic (exact) mass is 275 g/mol. The van der Waals surface area contributed by atoms with Gasteiger partial charge in [0.1, 0.15) is 6.61 Å². The second kappa shape index (κ2) is 3.79. The predicted octanol–water partition coefficient (Wildman–Crippen LogP) is 3.06. The van der Waals surface area contributed by atoms with E-state index < -0.39 is 0 Å². The Morgan fingerprint density at radius 1 is 1.50 bits per heavy atom. The molecule has 0 atom stereocenters. The summed E-state index contributed by atoms with van der Waals surface area (Å²) in [5.41, 5.74) is 0.692. The van der Waals surface area contributed by atoms with Gasteiger partial charge in [0.2, 0.25) is 0 Å². The highest BCUT2D eigenvalue weighted by Crippen LogP contribution is 2.30. The molecule has 74 valence electrons. The molecule has 1 amide bonds. The van der Waals surface area contributed by atoms with Crippen LogP contribution in [0.1, 0.15) is 0 Å². The quantitative estimate of drug-likeness (QED) is 0.789. The van der Waals surface area contributed by atoms with Gasteiger partial charge in [-0.15, -0.1) is 0 Å². The number of cyclic esters (lactones) is 1. The third-order valence-electron chi connectivity index (χ3n) is 1.96. The second-order valence-corrected chi connectivity index (χ2v) is 4.18. The van der Waals surface area contributed by atoms with Crippen LogP contribution in [0.25, 0.3) is 0 Å². The Morgan fingerprint density at radius 3 is 2.86 bits per heavy atom. The molecule has 1 aliphatic rings. The zero-order chi connectivity index (χ0) is 10.1. The van der Waals surface area contributed by atoms with Crippen LogP contribution in [0.3, 0.4) is 0 Å². The molecule has 2 rings (SSSR count). The minimum Gasteiger partial charge on any atom is -0.447 e. The SMILES string of the molecule is O=C1OCCN1c1ccc(Br)cc1Cl. The van der Waals surface area contributed by atoms with Gasteiger partial charge in [-0.25, -0.2) is 4.79 Å². The minimum atomic E-state index is -0.339. The molecule has 0 unspecified atom stereocenters. The lowest BCUT2D eigenvalue weighted by Gasteiger charge is -2.14. The van der Waals surface area contributed by atoms with Crippen molar-refractivity contribution in [3.63, 3.8) is 0 Å². The molecule has 1 aromatic rings. The molecular formula is C9H7BrClNO2. The lowest BCUT2D eigenvalue weighted by molar-refractivity contribution is 0.181. The number of halogens is 2.